The topological polar surface area (TPSA) is 57.2 Å². The quantitative estimate of drug-likeness (QED) is 0.126. The summed E-state index contributed by atoms with van der Waals surface area (Å²) in [7, 11) is 1.68. The van der Waals surface area contributed by atoms with E-state index in [-0.39, 0.29) is 5.60 Å². The van der Waals surface area contributed by atoms with Crippen molar-refractivity contribution in [2.24, 2.45) is 0 Å². The molecule has 3 aromatic rings. The zero-order valence-corrected chi connectivity index (χ0v) is 25.3. The second-order valence-corrected chi connectivity index (χ2v) is 11.3. The highest BCUT2D eigenvalue weighted by atomic mass is 16.7. The standard InChI is InChI=1S/C37H44O5/c1-5-40-37(24-7-6-8-25-37)42-34-20-16-31(17-21-34)27-35(39-4)22-15-29-13-18-33(19-14-29)41-36(2,3)28-32-11-9-30(10-12-32)23-26-38/h9-23,26-27,38H,5-8,24-25,28H2,1-4H3. The highest BCUT2D eigenvalue weighted by Gasteiger charge is 2.34. The van der Waals surface area contributed by atoms with Gasteiger partial charge in [0.2, 0.25) is 5.79 Å². The lowest BCUT2D eigenvalue weighted by Gasteiger charge is -2.37. The molecule has 0 heterocycles. The third kappa shape index (κ3) is 9.28. The lowest BCUT2D eigenvalue weighted by atomic mass is 9.94. The van der Waals surface area contributed by atoms with Gasteiger partial charge in [-0.25, -0.2) is 0 Å². The largest absolute Gasteiger partial charge is 0.516 e. The van der Waals surface area contributed by atoms with E-state index in [2.05, 4.69) is 26.0 Å². The van der Waals surface area contributed by atoms with Crippen molar-refractivity contribution in [3.63, 3.8) is 0 Å². The minimum atomic E-state index is -0.494. The normalized spacial score (nSPS) is 15.7. The van der Waals surface area contributed by atoms with Crippen molar-refractivity contribution in [1.82, 2.24) is 0 Å². The molecule has 0 atom stereocenters. The van der Waals surface area contributed by atoms with Gasteiger partial charge < -0.3 is 24.1 Å². The molecular weight excluding hydrogens is 524 g/mol. The van der Waals surface area contributed by atoms with Crippen molar-refractivity contribution in [3.8, 4) is 11.5 Å². The second kappa shape index (κ2) is 14.8. The van der Waals surface area contributed by atoms with Gasteiger partial charge >= 0.3 is 0 Å². The van der Waals surface area contributed by atoms with Gasteiger partial charge in [0.25, 0.3) is 0 Å². The van der Waals surface area contributed by atoms with Crippen LogP contribution in [0.25, 0.3) is 18.2 Å². The Balaban J connectivity index is 1.34. The molecule has 0 radical (unpaired) electrons. The fourth-order valence-electron chi connectivity index (χ4n) is 5.32. The second-order valence-electron chi connectivity index (χ2n) is 11.3. The molecule has 1 N–H and O–H groups in total. The third-order valence-electron chi connectivity index (χ3n) is 7.34. The number of aliphatic hydroxyl groups excluding tert-OH is 1. The van der Waals surface area contributed by atoms with Crippen molar-refractivity contribution in [1.29, 1.82) is 0 Å². The van der Waals surface area contributed by atoms with Crippen molar-refractivity contribution in [2.75, 3.05) is 13.7 Å². The summed E-state index contributed by atoms with van der Waals surface area (Å²) < 4.78 is 24.3. The molecule has 222 valence electrons. The minimum Gasteiger partial charge on any atom is -0.516 e. The van der Waals surface area contributed by atoms with Gasteiger partial charge in [-0.15, -0.1) is 0 Å². The molecule has 1 saturated carbocycles. The number of benzene rings is 3. The van der Waals surface area contributed by atoms with Gasteiger partial charge in [0, 0.05) is 25.9 Å². The number of ether oxygens (including phenoxy) is 4. The van der Waals surface area contributed by atoms with Crippen molar-refractivity contribution < 1.29 is 24.1 Å². The minimum absolute atomic E-state index is 0.377. The van der Waals surface area contributed by atoms with Crippen LogP contribution < -0.4 is 9.47 Å². The van der Waals surface area contributed by atoms with Gasteiger partial charge in [-0.05, 0) is 98.4 Å². The van der Waals surface area contributed by atoms with Crippen molar-refractivity contribution in [2.45, 2.75) is 70.7 Å². The van der Waals surface area contributed by atoms with Gasteiger partial charge in [0.05, 0.1) is 13.4 Å². The summed E-state index contributed by atoms with van der Waals surface area (Å²) in [6.45, 7) is 6.85. The molecule has 4 rings (SSSR count). The average molecular weight is 569 g/mol. The van der Waals surface area contributed by atoms with Crippen LogP contribution in [0.4, 0.5) is 0 Å². The van der Waals surface area contributed by atoms with Gasteiger partial charge in [-0.1, -0.05) is 61.0 Å². The smallest absolute Gasteiger partial charge is 0.210 e. The van der Waals surface area contributed by atoms with Crippen LogP contribution in [0.5, 0.6) is 11.5 Å². The van der Waals surface area contributed by atoms with E-state index in [9.17, 15) is 0 Å². The maximum absolute atomic E-state index is 8.94. The Morgan fingerprint density at radius 2 is 1.40 bits per heavy atom. The molecule has 0 amide bonds. The molecule has 0 aliphatic heterocycles. The summed E-state index contributed by atoms with van der Waals surface area (Å²) >= 11 is 0. The molecule has 0 saturated heterocycles. The number of methoxy groups -OCH3 is 1. The van der Waals surface area contributed by atoms with E-state index in [0.29, 0.717) is 6.61 Å². The lowest BCUT2D eigenvalue weighted by molar-refractivity contribution is -0.198. The van der Waals surface area contributed by atoms with Crippen LogP contribution in [0.1, 0.15) is 75.1 Å². The molecule has 0 bridgehead atoms. The van der Waals surface area contributed by atoms with E-state index in [1.807, 2.05) is 85.8 Å². The zero-order chi connectivity index (χ0) is 29.8. The zero-order valence-electron chi connectivity index (χ0n) is 25.3. The Morgan fingerprint density at radius 3 is 2.02 bits per heavy atom. The fourth-order valence-corrected chi connectivity index (χ4v) is 5.32. The Bertz CT molecular complexity index is 1320. The molecule has 1 aliphatic rings. The number of aliphatic hydroxyl groups is 1. The first-order chi connectivity index (χ1) is 20.3. The van der Waals surface area contributed by atoms with E-state index in [0.717, 1.165) is 72.3 Å². The van der Waals surface area contributed by atoms with Crippen molar-refractivity contribution >= 4 is 18.2 Å². The van der Waals surface area contributed by atoms with Crippen LogP contribution >= 0.6 is 0 Å². The van der Waals surface area contributed by atoms with E-state index < -0.39 is 5.79 Å². The first-order valence-corrected chi connectivity index (χ1v) is 14.9. The van der Waals surface area contributed by atoms with Gasteiger partial charge in [0.15, 0.2) is 0 Å². The molecule has 1 fully saturated rings. The first-order valence-electron chi connectivity index (χ1n) is 14.9. The lowest BCUT2D eigenvalue weighted by Crippen LogP contribution is -2.41. The predicted molar refractivity (Wildman–Crippen MR) is 171 cm³/mol. The van der Waals surface area contributed by atoms with Gasteiger partial charge in [0.1, 0.15) is 22.9 Å². The fraction of sp³-hybridized carbons (Fsp3) is 0.351. The predicted octanol–water partition coefficient (Wildman–Crippen LogP) is 9.39. The van der Waals surface area contributed by atoms with Crippen molar-refractivity contribution in [3.05, 3.63) is 113 Å². The summed E-state index contributed by atoms with van der Waals surface area (Å²) in [5.74, 6) is 1.91. The highest BCUT2D eigenvalue weighted by molar-refractivity contribution is 5.60. The van der Waals surface area contributed by atoms with Crippen LogP contribution in [-0.2, 0) is 15.9 Å². The van der Waals surface area contributed by atoms with E-state index in [1.165, 1.54) is 12.0 Å². The molecule has 5 heteroatoms. The maximum atomic E-state index is 8.94. The van der Waals surface area contributed by atoms with E-state index in [1.54, 1.807) is 13.2 Å². The molecule has 0 unspecified atom stereocenters. The molecule has 0 aromatic heterocycles. The Kier molecular flexibility index (Phi) is 10.9. The van der Waals surface area contributed by atoms with Crippen LogP contribution in [-0.4, -0.2) is 30.2 Å². The molecule has 0 spiro atoms. The summed E-state index contributed by atoms with van der Waals surface area (Å²) in [4.78, 5) is 0. The Labute approximate surface area is 251 Å². The number of hydrogen-bond acceptors (Lipinski definition) is 5. The number of hydrogen-bond donors (Lipinski definition) is 1. The van der Waals surface area contributed by atoms with E-state index >= 15 is 0 Å². The number of allylic oxidation sites excluding steroid dienone is 1. The van der Waals surface area contributed by atoms with Gasteiger partial charge in [-0.2, -0.15) is 0 Å². The van der Waals surface area contributed by atoms with Gasteiger partial charge in [-0.3, -0.25) is 0 Å². The summed E-state index contributed by atoms with van der Waals surface area (Å²) in [6.07, 6.45) is 14.9. The van der Waals surface area contributed by atoms with Crippen LogP contribution in [0.3, 0.4) is 0 Å². The van der Waals surface area contributed by atoms with E-state index in [4.69, 9.17) is 24.1 Å². The summed E-state index contributed by atoms with van der Waals surface area (Å²) in [5, 5.41) is 8.94. The monoisotopic (exact) mass is 568 g/mol. The van der Waals surface area contributed by atoms with Crippen LogP contribution in [0.2, 0.25) is 0 Å². The molecule has 3 aromatic carbocycles. The molecule has 42 heavy (non-hydrogen) atoms. The maximum Gasteiger partial charge on any atom is 0.210 e. The highest BCUT2D eigenvalue weighted by Crippen LogP contribution is 2.34. The SMILES string of the molecule is CCOC1(Oc2ccc(C=C(C=Cc3ccc(OC(C)(C)Cc4ccc(C=CO)cc4)cc3)OC)cc2)CCCCC1. The first kappa shape index (κ1) is 31.0. The van der Waals surface area contributed by atoms with Crippen LogP contribution in [0.15, 0.2) is 90.9 Å². The Morgan fingerprint density at radius 1 is 0.810 bits per heavy atom. The Hall–Kier alpha value is -3.96. The summed E-state index contributed by atoms with van der Waals surface area (Å²) in [6, 6.07) is 24.2. The molecule has 1 aliphatic carbocycles. The summed E-state index contributed by atoms with van der Waals surface area (Å²) in [5.41, 5.74) is 3.84. The average Bonchev–Trinajstić information content (AvgIpc) is 2.98. The van der Waals surface area contributed by atoms with Crippen LogP contribution in [0, 0.1) is 0 Å². The number of rotatable bonds is 13. The molecular formula is C37H44O5. The molecule has 5 nitrogen and oxygen atoms in total. The third-order valence-corrected chi connectivity index (χ3v) is 7.34.